The third-order valence-electron chi connectivity index (χ3n) is 6.08. The number of likely N-dealkylation sites (N-methyl/N-ethyl adjacent to an activating group) is 1. The first-order valence-electron chi connectivity index (χ1n) is 9.76. The van der Waals surface area contributed by atoms with Crippen molar-refractivity contribution < 1.29 is 9.21 Å². The number of rotatable bonds is 3. The van der Waals surface area contributed by atoms with Gasteiger partial charge in [0.2, 0.25) is 11.2 Å². The molecule has 1 N–H and O–H groups in total. The Morgan fingerprint density at radius 3 is 2.77 bits per heavy atom. The number of hydrogen-bond donors (Lipinski definition) is 1. The van der Waals surface area contributed by atoms with Gasteiger partial charge in [0, 0.05) is 47.1 Å². The molecule has 156 valence electrons. The monoisotopic (exact) mass is 450 g/mol. The van der Waals surface area contributed by atoms with Crippen molar-refractivity contribution in [2.24, 2.45) is 0 Å². The smallest absolute Gasteiger partial charge is 0.236 e. The summed E-state index contributed by atoms with van der Waals surface area (Å²) in [4.78, 5) is 24.1. The highest BCUT2D eigenvalue weighted by molar-refractivity contribution is 7.10. The number of thiophene rings is 1. The number of piperidine rings is 1. The fourth-order valence-corrected chi connectivity index (χ4v) is 5.53. The minimum Gasteiger partial charge on any atom is -0.464 e. The molecule has 0 bridgehead atoms. The van der Waals surface area contributed by atoms with E-state index in [-0.39, 0.29) is 11.2 Å². The summed E-state index contributed by atoms with van der Waals surface area (Å²) in [6, 6.07) is 9.86. The summed E-state index contributed by atoms with van der Waals surface area (Å²) in [5.74, 6) is -0.178. The van der Waals surface area contributed by atoms with Crippen LogP contribution < -0.4 is 0 Å². The zero-order valence-electron chi connectivity index (χ0n) is 16.9. The van der Waals surface area contributed by atoms with E-state index >= 15 is 0 Å². The molecule has 1 saturated heterocycles. The van der Waals surface area contributed by atoms with Crippen LogP contribution >= 0.6 is 22.9 Å². The zero-order chi connectivity index (χ0) is 21.8. The number of likely N-dealkylation sites (tertiary alicyclic amines) is 1. The number of furan rings is 1. The molecular weight excluding hydrogens is 432 g/mol. The van der Waals surface area contributed by atoms with E-state index in [2.05, 4.69) is 23.0 Å². The highest BCUT2D eigenvalue weighted by Crippen LogP contribution is 2.49. The summed E-state index contributed by atoms with van der Waals surface area (Å²) < 4.78 is 5.47. The predicted molar refractivity (Wildman–Crippen MR) is 122 cm³/mol. The Balaban J connectivity index is 1.62. The molecule has 1 aliphatic heterocycles. The minimum atomic E-state index is -0.561. The van der Waals surface area contributed by atoms with Crippen molar-refractivity contribution in [3.05, 3.63) is 70.1 Å². The first-order valence-corrected chi connectivity index (χ1v) is 11.0. The molecule has 4 heterocycles. The Morgan fingerprint density at radius 2 is 2.00 bits per heavy atom. The topological polar surface area (TPSA) is 83.1 Å². The molecule has 1 amide bonds. The molecule has 3 aromatic heterocycles. The molecule has 0 aliphatic carbocycles. The number of nitrogens with one attached hydrogen (secondary N) is 1. The number of carbonyl (C=O) groups excluding carboxylic acids is 1. The van der Waals surface area contributed by atoms with Gasteiger partial charge < -0.3 is 9.32 Å². The van der Waals surface area contributed by atoms with Crippen molar-refractivity contribution in [1.29, 1.82) is 5.41 Å². The molecule has 1 aliphatic rings. The molecule has 0 spiro atoms. The SMILES string of the molecule is CN1C(=N)C[C@](C)(c2cc(-c3cnc(Cl)nc3)cs2)[C@@H](c2ccc3occc3c2)C1=O. The summed E-state index contributed by atoms with van der Waals surface area (Å²) in [7, 11) is 1.68. The standard InChI is InChI=1S/C23H19ClN4O2S/c1-23(18-8-15(12-31-18)16-10-26-22(24)27-11-16)9-19(25)28(2)21(29)20(23)14-3-4-17-13(7-14)5-6-30-17/h3-8,10-12,20,25H,9H2,1-2H3/t20-,23+/m0/s1. The first kappa shape index (κ1) is 19.9. The lowest BCUT2D eigenvalue weighted by Crippen LogP contribution is -2.51. The van der Waals surface area contributed by atoms with Crippen molar-refractivity contribution in [2.45, 2.75) is 24.7 Å². The summed E-state index contributed by atoms with van der Waals surface area (Å²) in [5, 5.41) is 11.6. The lowest BCUT2D eigenvalue weighted by Gasteiger charge is -2.44. The highest BCUT2D eigenvalue weighted by Gasteiger charge is 2.49. The Hall–Kier alpha value is -3.03. The summed E-state index contributed by atoms with van der Waals surface area (Å²) in [6.45, 7) is 2.07. The molecule has 31 heavy (non-hydrogen) atoms. The van der Waals surface area contributed by atoms with Crippen molar-refractivity contribution in [3.8, 4) is 11.1 Å². The molecule has 5 rings (SSSR count). The van der Waals surface area contributed by atoms with E-state index in [0.29, 0.717) is 12.3 Å². The van der Waals surface area contributed by atoms with Crippen LogP contribution in [0.2, 0.25) is 5.28 Å². The third-order valence-corrected chi connectivity index (χ3v) is 7.49. The Labute approximate surface area is 188 Å². The molecule has 6 nitrogen and oxygen atoms in total. The van der Waals surface area contributed by atoms with Gasteiger partial charge in [0.05, 0.1) is 12.2 Å². The highest BCUT2D eigenvalue weighted by atomic mass is 35.5. The summed E-state index contributed by atoms with van der Waals surface area (Å²) in [6.07, 6.45) is 5.49. The van der Waals surface area contributed by atoms with Crippen LogP contribution in [0.4, 0.5) is 0 Å². The van der Waals surface area contributed by atoms with Gasteiger partial charge in [-0.3, -0.25) is 10.2 Å². The van der Waals surface area contributed by atoms with Gasteiger partial charge in [0.25, 0.3) is 0 Å². The summed E-state index contributed by atoms with van der Waals surface area (Å²) >= 11 is 7.41. The van der Waals surface area contributed by atoms with Crippen LogP contribution in [0.15, 0.2) is 58.8 Å². The molecule has 4 aromatic rings. The van der Waals surface area contributed by atoms with Gasteiger partial charge in [-0.05, 0) is 52.4 Å². The molecule has 0 radical (unpaired) electrons. The van der Waals surface area contributed by atoms with Crippen LogP contribution in [-0.4, -0.2) is 33.7 Å². The van der Waals surface area contributed by atoms with Gasteiger partial charge in [-0.15, -0.1) is 11.3 Å². The van der Waals surface area contributed by atoms with E-state index in [0.717, 1.165) is 32.5 Å². The fraction of sp³-hybridized carbons (Fsp3) is 0.217. The van der Waals surface area contributed by atoms with E-state index in [1.165, 1.54) is 4.90 Å². The number of amidine groups is 1. The Bertz CT molecular complexity index is 1310. The van der Waals surface area contributed by atoms with E-state index in [9.17, 15) is 4.79 Å². The van der Waals surface area contributed by atoms with E-state index in [1.807, 2.05) is 29.6 Å². The number of fused-ring (bicyclic) bond motifs is 1. The fourth-order valence-electron chi connectivity index (χ4n) is 4.32. The van der Waals surface area contributed by atoms with Crippen LogP contribution in [0.1, 0.15) is 29.7 Å². The molecule has 2 atom stereocenters. The van der Waals surface area contributed by atoms with Crippen molar-refractivity contribution >= 4 is 45.6 Å². The number of carbonyl (C=O) groups is 1. The van der Waals surface area contributed by atoms with E-state index in [1.54, 1.807) is 37.0 Å². The predicted octanol–water partition coefficient (Wildman–Crippen LogP) is 5.49. The van der Waals surface area contributed by atoms with Crippen LogP contribution in [0.3, 0.4) is 0 Å². The number of amides is 1. The quantitative estimate of drug-likeness (QED) is 0.418. The number of aromatic nitrogens is 2. The summed E-state index contributed by atoms with van der Waals surface area (Å²) in [5.41, 5.74) is 2.98. The molecule has 1 aromatic carbocycles. The van der Waals surface area contributed by atoms with Gasteiger partial charge in [-0.1, -0.05) is 13.0 Å². The van der Waals surface area contributed by atoms with Crippen molar-refractivity contribution in [2.75, 3.05) is 7.05 Å². The minimum absolute atomic E-state index is 0.0774. The average Bonchev–Trinajstić information content (AvgIpc) is 3.42. The first-order chi connectivity index (χ1) is 14.9. The maximum Gasteiger partial charge on any atom is 0.236 e. The molecule has 0 unspecified atom stereocenters. The Morgan fingerprint density at radius 1 is 1.23 bits per heavy atom. The van der Waals surface area contributed by atoms with Gasteiger partial charge in [-0.2, -0.15) is 0 Å². The van der Waals surface area contributed by atoms with E-state index in [4.69, 9.17) is 21.4 Å². The van der Waals surface area contributed by atoms with Gasteiger partial charge in [-0.25, -0.2) is 9.97 Å². The third kappa shape index (κ3) is 3.25. The molecule has 8 heteroatoms. The second kappa shape index (κ2) is 7.28. The normalized spacial score (nSPS) is 21.8. The molecule has 1 fully saturated rings. The molecular formula is C23H19ClN4O2S. The number of hydrogen-bond acceptors (Lipinski definition) is 6. The van der Waals surface area contributed by atoms with Crippen LogP contribution in [-0.2, 0) is 10.2 Å². The second-order valence-corrected chi connectivity index (χ2v) is 9.28. The Kier molecular flexibility index (Phi) is 4.68. The van der Waals surface area contributed by atoms with Gasteiger partial charge >= 0.3 is 0 Å². The van der Waals surface area contributed by atoms with Crippen LogP contribution in [0.25, 0.3) is 22.1 Å². The lowest BCUT2D eigenvalue weighted by molar-refractivity contribution is -0.131. The molecule has 0 saturated carbocycles. The zero-order valence-corrected chi connectivity index (χ0v) is 18.5. The van der Waals surface area contributed by atoms with Crippen molar-refractivity contribution in [1.82, 2.24) is 14.9 Å². The van der Waals surface area contributed by atoms with Crippen molar-refractivity contribution in [3.63, 3.8) is 0 Å². The second-order valence-electron chi connectivity index (χ2n) is 8.03. The van der Waals surface area contributed by atoms with E-state index < -0.39 is 11.3 Å². The maximum absolute atomic E-state index is 13.4. The number of nitrogens with zero attached hydrogens (tertiary/aromatic N) is 3. The number of halogens is 1. The van der Waals surface area contributed by atoms with Gasteiger partial charge in [0.15, 0.2) is 0 Å². The number of benzene rings is 1. The average molecular weight is 451 g/mol. The van der Waals surface area contributed by atoms with Crippen LogP contribution in [0, 0.1) is 5.41 Å². The largest absolute Gasteiger partial charge is 0.464 e. The maximum atomic E-state index is 13.4. The lowest BCUT2D eigenvalue weighted by atomic mass is 9.67. The van der Waals surface area contributed by atoms with Gasteiger partial charge in [0.1, 0.15) is 11.4 Å². The van der Waals surface area contributed by atoms with Crippen LogP contribution in [0.5, 0.6) is 0 Å².